The van der Waals surface area contributed by atoms with Crippen LogP contribution in [0.3, 0.4) is 0 Å². The molecule has 0 spiro atoms. The quantitative estimate of drug-likeness (QED) is 0.221. The molecule has 9 heteroatoms. The van der Waals surface area contributed by atoms with Crippen LogP contribution in [0, 0.1) is 0 Å². The highest BCUT2D eigenvalue weighted by atomic mass is 32.2. The minimum Gasteiger partial charge on any atom is -0.493 e. The van der Waals surface area contributed by atoms with Gasteiger partial charge in [0, 0.05) is 11.4 Å². The fourth-order valence-corrected chi connectivity index (χ4v) is 4.78. The van der Waals surface area contributed by atoms with Gasteiger partial charge in [0.05, 0.1) is 26.4 Å². The Morgan fingerprint density at radius 2 is 1.91 bits per heavy atom. The molecule has 0 aliphatic carbocycles. The van der Waals surface area contributed by atoms with Crippen LogP contribution in [0.15, 0.2) is 34.6 Å². The van der Waals surface area contributed by atoms with E-state index in [0.29, 0.717) is 40.5 Å². The molecule has 1 aliphatic rings. The summed E-state index contributed by atoms with van der Waals surface area (Å²) in [5.41, 5.74) is 2.02. The maximum atomic E-state index is 12.8. The number of carbonyl (C=O) groups excluding carboxylic acids is 1. The van der Waals surface area contributed by atoms with Crippen molar-refractivity contribution in [2.75, 3.05) is 31.9 Å². The first kappa shape index (κ1) is 25.9. The molecule has 8 nitrogen and oxygen atoms in total. The number of ether oxygens (including phenoxy) is 3. The molecule has 1 aromatic carbocycles. The molecule has 0 radical (unpaired) electrons. The summed E-state index contributed by atoms with van der Waals surface area (Å²) in [7, 11) is 3.01. The van der Waals surface area contributed by atoms with E-state index in [1.54, 1.807) is 23.6 Å². The molecule has 1 aliphatic heterocycles. The second-order valence-corrected chi connectivity index (χ2v) is 9.30. The summed E-state index contributed by atoms with van der Waals surface area (Å²) < 4.78 is 18.5. The predicted octanol–water partition coefficient (Wildman–Crippen LogP) is 5.60. The van der Waals surface area contributed by atoms with Crippen molar-refractivity contribution in [1.82, 2.24) is 14.8 Å². The van der Waals surface area contributed by atoms with Crippen molar-refractivity contribution >= 4 is 23.7 Å². The molecule has 0 saturated carbocycles. The Morgan fingerprint density at radius 1 is 1.12 bits per heavy atom. The predicted molar refractivity (Wildman–Crippen MR) is 135 cm³/mol. The molecule has 186 valence electrons. The Kier molecular flexibility index (Phi) is 9.68. The van der Waals surface area contributed by atoms with Crippen LogP contribution in [0.5, 0.6) is 11.5 Å². The van der Waals surface area contributed by atoms with Crippen molar-refractivity contribution in [2.24, 2.45) is 0 Å². The van der Waals surface area contributed by atoms with Crippen LogP contribution in [0.25, 0.3) is 0 Å². The highest BCUT2D eigenvalue weighted by Gasteiger charge is 2.35. The highest BCUT2D eigenvalue weighted by Crippen LogP contribution is 2.39. The Bertz CT molecular complexity index is 1000. The van der Waals surface area contributed by atoms with Crippen molar-refractivity contribution in [3.05, 3.63) is 35.0 Å². The van der Waals surface area contributed by atoms with Gasteiger partial charge in [0.15, 0.2) is 11.5 Å². The van der Waals surface area contributed by atoms with E-state index < -0.39 is 12.0 Å². The van der Waals surface area contributed by atoms with Crippen molar-refractivity contribution in [3.8, 4) is 11.5 Å². The number of aromatic nitrogens is 3. The number of carbonyl (C=O) groups is 1. The molecule has 2 aromatic rings. The molecule has 34 heavy (non-hydrogen) atoms. The largest absolute Gasteiger partial charge is 0.493 e. The lowest BCUT2D eigenvalue weighted by Gasteiger charge is -2.28. The molecule has 2 heterocycles. The number of nitrogens with one attached hydrogen (secondary N) is 1. The molecule has 3 rings (SSSR count). The zero-order valence-corrected chi connectivity index (χ0v) is 21.7. The van der Waals surface area contributed by atoms with Crippen LogP contribution in [-0.2, 0) is 9.53 Å². The Morgan fingerprint density at radius 3 is 2.62 bits per heavy atom. The molecular formula is C25H36N4O4S. The van der Waals surface area contributed by atoms with Gasteiger partial charge < -0.3 is 19.5 Å². The van der Waals surface area contributed by atoms with Crippen LogP contribution in [0.4, 0.5) is 5.95 Å². The van der Waals surface area contributed by atoms with Crippen molar-refractivity contribution in [1.29, 1.82) is 0 Å². The molecule has 0 bridgehead atoms. The van der Waals surface area contributed by atoms with Crippen LogP contribution >= 0.6 is 11.8 Å². The minimum absolute atomic E-state index is 0.411. The number of rotatable bonds is 13. The smallest absolute Gasteiger partial charge is 0.338 e. The van der Waals surface area contributed by atoms with Crippen molar-refractivity contribution in [3.63, 3.8) is 0 Å². The van der Waals surface area contributed by atoms with E-state index in [4.69, 9.17) is 19.3 Å². The van der Waals surface area contributed by atoms with E-state index in [1.807, 2.05) is 25.1 Å². The summed E-state index contributed by atoms with van der Waals surface area (Å²) in [6.07, 6.45) is 6.74. The molecule has 1 N–H and O–H groups in total. The maximum absolute atomic E-state index is 12.8. The number of methoxy groups -OCH3 is 2. The summed E-state index contributed by atoms with van der Waals surface area (Å²) in [5.74, 6) is 2.44. The van der Waals surface area contributed by atoms with Gasteiger partial charge in [-0.15, -0.1) is 5.10 Å². The Balaban J connectivity index is 1.93. The molecule has 0 amide bonds. The molecule has 1 unspecified atom stereocenters. The monoisotopic (exact) mass is 488 g/mol. The number of allylic oxidation sites excluding steroid dienone is 1. The standard InChI is InChI=1S/C25H36N4O4S/c1-6-8-10-11-14-33-19-13-12-18(16-20(19)31-4)22-21(23(30)32-5)17(3)26-24-27-25(28-29(22)24)34-15-9-7-2/h12-13,16,22H,6-11,14-15H2,1-5H3,(H,26,27,28). The van der Waals surface area contributed by atoms with Gasteiger partial charge in [-0.3, -0.25) is 0 Å². The van der Waals surface area contributed by atoms with Gasteiger partial charge in [0.25, 0.3) is 0 Å². The van der Waals surface area contributed by atoms with Crippen LogP contribution in [-0.4, -0.2) is 47.3 Å². The number of anilines is 1. The highest BCUT2D eigenvalue weighted by molar-refractivity contribution is 7.99. The van der Waals surface area contributed by atoms with E-state index in [0.717, 1.165) is 37.0 Å². The van der Waals surface area contributed by atoms with E-state index in [1.165, 1.54) is 20.0 Å². The van der Waals surface area contributed by atoms with Gasteiger partial charge in [0.2, 0.25) is 11.1 Å². The van der Waals surface area contributed by atoms with Crippen LogP contribution < -0.4 is 14.8 Å². The van der Waals surface area contributed by atoms with E-state index in [2.05, 4.69) is 24.1 Å². The van der Waals surface area contributed by atoms with Gasteiger partial charge in [-0.25, -0.2) is 9.48 Å². The van der Waals surface area contributed by atoms with E-state index in [-0.39, 0.29) is 0 Å². The lowest BCUT2D eigenvalue weighted by atomic mass is 9.95. The third-order valence-corrected chi connectivity index (χ3v) is 6.65. The SMILES string of the molecule is CCCCCCOc1ccc(C2C(C(=O)OC)=C(C)Nc3nc(SCCCC)nn32)cc1OC. The Hall–Kier alpha value is -2.68. The normalized spacial score (nSPS) is 15.0. The molecular weight excluding hydrogens is 452 g/mol. The van der Waals surface area contributed by atoms with Gasteiger partial charge in [0.1, 0.15) is 6.04 Å². The van der Waals surface area contributed by atoms with E-state index in [9.17, 15) is 4.79 Å². The summed E-state index contributed by atoms with van der Waals surface area (Å²) in [4.78, 5) is 17.4. The lowest BCUT2D eigenvalue weighted by molar-refractivity contribution is -0.136. The summed E-state index contributed by atoms with van der Waals surface area (Å²) in [5, 5.41) is 8.63. The second-order valence-electron chi connectivity index (χ2n) is 8.24. The Labute approximate surface area is 206 Å². The third kappa shape index (κ3) is 6.05. The van der Waals surface area contributed by atoms with Gasteiger partial charge >= 0.3 is 5.97 Å². The number of unbranched alkanes of at least 4 members (excludes halogenated alkanes) is 4. The summed E-state index contributed by atoms with van der Waals surface area (Å²) >= 11 is 1.61. The average Bonchev–Trinajstić information content (AvgIpc) is 3.25. The van der Waals surface area contributed by atoms with Crippen molar-refractivity contribution in [2.45, 2.75) is 70.5 Å². The lowest BCUT2D eigenvalue weighted by Crippen LogP contribution is -2.29. The second kappa shape index (κ2) is 12.7. The minimum atomic E-state index is -0.496. The summed E-state index contributed by atoms with van der Waals surface area (Å²) in [6.45, 7) is 6.84. The number of benzene rings is 1. The first-order valence-electron chi connectivity index (χ1n) is 12.0. The van der Waals surface area contributed by atoms with Gasteiger partial charge in [-0.2, -0.15) is 4.98 Å². The van der Waals surface area contributed by atoms with E-state index >= 15 is 0 Å². The third-order valence-electron chi connectivity index (χ3n) is 5.73. The zero-order valence-electron chi connectivity index (χ0n) is 20.8. The zero-order chi connectivity index (χ0) is 24.5. The van der Waals surface area contributed by atoms with Crippen LogP contribution in [0.1, 0.15) is 70.9 Å². The maximum Gasteiger partial charge on any atom is 0.338 e. The topological polar surface area (TPSA) is 87.5 Å². The first-order valence-corrected chi connectivity index (χ1v) is 13.0. The number of hydrogen-bond acceptors (Lipinski definition) is 8. The van der Waals surface area contributed by atoms with Crippen LogP contribution in [0.2, 0.25) is 0 Å². The summed E-state index contributed by atoms with van der Waals surface area (Å²) in [6, 6.07) is 5.26. The average molecular weight is 489 g/mol. The number of hydrogen-bond donors (Lipinski definition) is 1. The number of thioether (sulfide) groups is 1. The molecule has 0 saturated heterocycles. The van der Waals surface area contributed by atoms with Crippen molar-refractivity contribution < 1.29 is 19.0 Å². The number of nitrogens with zero attached hydrogens (tertiary/aromatic N) is 3. The first-order chi connectivity index (χ1) is 16.5. The van der Waals surface area contributed by atoms with Gasteiger partial charge in [-0.05, 0) is 37.5 Å². The molecule has 1 aromatic heterocycles. The molecule has 0 fully saturated rings. The number of fused-ring (bicyclic) bond motifs is 1. The molecule has 1 atom stereocenters. The number of esters is 1. The fraction of sp³-hybridized carbons (Fsp3) is 0.560. The van der Waals surface area contributed by atoms with Gasteiger partial charge in [-0.1, -0.05) is 57.4 Å². The fourth-order valence-electron chi connectivity index (χ4n) is 3.87.